The molecule has 0 saturated carbocycles. The van der Waals surface area contributed by atoms with Gasteiger partial charge >= 0.3 is 0 Å². The summed E-state index contributed by atoms with van der Waals surface area (Å²) in [5, 5.41) is 5.00. The SMILES string of the molecule is O=C(N[C@H](c1ccccc1Cl)[C@@H](N=Cc1ccccc1Cl)c1ccccc1Cl)c1ccccc1Cl. The Kier molecular flexibility index (Phi) is 8.48. The van der Waals surface area contributed by atoms with Crippen LogP contribution in [0.2, 0.25) is 20.1 Å². The van der Waals surface area contributed by atoms with Crippen molar-refractivity contribution in [3.8, 4) is 0 Å². The molecule has 0 bridgehead atoms. The van der Waals surface area contributed by atoms with Gasteiger partial charge in [-0.05, 0) is 41.5 Å². The first-order chi connectivity index (χ1) is 17.0. The molecule has 0 fully saturated rings. The Morgan fingerprint density at radius 2 is 1.17 bits per heavy atom. The summed E-state index contributed by atoms with van der Waals surface area (Å²) >= 11 is 25.9. The average Bonchev–Trinajstić information content (AvgIpc) is 2.86. The maximum absolute atomic E-state index is 13.4. The van der Waals surface area contributed by atoms with Gasteiger partial charge in [-0.25, -0.2) is 0 Å². The lowest BCUT2D eigenvalue weighted by molar-refractivity contribution is 0.0931. The minimum atomic E-state index is -0.661. The van der Waals surface area contributed by atoms with E-state index in [1.807, 2.05) is 54.6 Å². The Morgan fingerprint density at radius 3 is 1.77 bits per heavy atom. The van der Waals surface area contributed by atoms with Gasteiger partial charge in [0.05, 0.1) is 16.6 Å². The Hall–Kier alpha value is -2.82. The van der Waals surface area contributed by atoms with Gasteiger partial charge in [-0.1, -0.05) is 113 Å². The van der Waals surface area contributed by atoms with Crippen LogP contribution in [0.5, 0.6) is 0 Å². The van der Waals surface area contributed by atoms with Gasteiger partial charge < -0.3 is 5.32 Å². The smallest absolute Gasteiger partial charge is 0.253 e. The van der Waals surface area contributed by atoms with Crippen LogP contribution in [-0.2, 0) is 0 Å². The predicted octanol–water partition coefficient (Wildman–Crippen LogP) is 8.63. The minimum Gasteiger partial charge on any atom is -0.343 e. The van der Waals surface area contributed by atoms with E-state index in [2.05, 4.69) is 5.32 Å². The number of carbonyl (C=O) groups excluding carboxylic acids is 1. The summed E-state index contributed by atoms with van der Waals surface area (Å²) in [4.78, 5) is 18.2. The molecule has 0 radical (unpaired) electrons. The van der Waals surface area contributed by atoms with Gasteiger partial charge in [-0.15, -0.1) is 0 Å². The zero-order chi connectivity index (χ0) is 24.8. The highest BCUT2D eigenvalue weighted by Crippen LogP contribution is 2.39. The molecule has 4 rings (SSSR count). The largest absolute Gasteiger partial charge is 0.343 e. The second kappa shape index (κ2) is 11.7. The van der Waals surface area contributed by atoms with Crippen molar-refractivity contribution in [2.45, 2.75) is 12.1 Å². The molecule has 3 nitrogen and oxygen atoms in total. The van der Waals surface area contributed by atoms with Crippen molar-refractivity contribution >= 4 is 58.5 Å². The van der Waals surface area contributed by atoms with Gasteiger partial charge in [0.1, 0.15) is 6.04 Å². The summed E-state index contributed by atoms with van der Waals surface area (Å²) in [5.41, 5.74) is 2.50. The molecular formula is C28H20Cl4N2O. The lowest BCUT2D eigenvalue weighted by Gasteiger charge is -2.28. The third kappa shape index (κ3) is 6.06. The average molecular weight is 542 g/mol. The van der Waals surface area contributed by atoms with E-state index in [1.54, 1.807) is 48.7 Å². The molecule has 0 aliphatic carbocycles. The Balaban J connectivity index is 1.85. The van der Waals surface area contributed by atoms with Crippen LogP contribution in [0.15, 0.2) is 102 Å². The van der Waals surface area contributed by atoms with Gasteiger partial charge in [0.25, 0.3) is 5.91 Å². The molecule has 35 heavy (non-hydrogen) atoms. The molecule has 0 aromatic heterocycles. The Bertz CT molecular complexity index is 1370. The van der Waals surface area contributed by atoms with E-state index in [4.69, 9.17) is 51.4 Å². The summed E-state index contributed by atoms with van der Waals surface area (Å²) in [6.07, 6.45) is 1.68. The summed E-state index contributed by atoms with van der Waals surface area (Å²) < 4.78 is 0. The molecule has 0 aliphatic heterocycles. The second-order valence-corrected chi connectivity index (χ2v) is 9.35. The molecule has 176 valence electrons. The fourth-order valence-electron chi connectivity index (χ4n) is 3.72. The fraction of sp³-hybridized carbons (Fsp3) is 0.0714. The third-order valence-corrected chi connectivity index (χ3v) is 6.83. The van der Waals surface area contributed by atoms with Gasteiger partial charge in [0, 0.05) is 26.8 Å². The van der Waals surface area contributed by atoms with Crippen LogP contribution in [0.4, 0.5) is 0 Å². The summed E-state index contributed by atoms with van der Waals surface area (Å²) in [5.74, 6) is -0.356. The van der Waals surface area contributed by atoms with Crippen molar-refractivity contribution in [1.82, 2.24) is 5.32 Å². The maximum Gasteiger partial charge on any atom is 0.253 e. The van der Waals surface area contributed by atoms with E-state index in [0.717, 1.165) is 11.1 Å². The molecule has 0 unspecified atom stereocenters. The zero-order valence-corrected chi connectivity index (χ0v) is 21.4. The number of carbonyl (C=O) groups is 1. The van der Waals surface area contributed by atoms with Crippen LogP contribution in [-0.4, -0.2) is 12.1 Å². The summed E-state index contributed by atoms with van der Waals surface area (Å²) in [6, 6.07) is 27.7. The first kappa shape index (κ1) is 25.3. The lowest BCUT2D eigenvalue weighted by atomic mass is 9.93. The van der Waals surface area contributed by atoms with Crippen molar-refractivity contribution < 1.29 is 4.79 Å². The van der Waals surface area contributed by atoms with E-state index in [9.17, 15) is 4.79 Å². The fourth-order valence-corrected chi connectivity index (χ4v) is 4.63. The number of hydrogen-bond acceptors (Lipinski definition) is 2. The molecule has 0 saturated heterocycles. The molecular weight excluding hydrogens is 522 g/mol. The standard InChI is InChI=1S/C28H20Cl4N2O/c29-22-13-5-1-9-18(22)17-33-26(19-10-2-6-14-23(19)30)27(20-11-3-7-15-24(20)31)34-28(35)21-12-4-8-16-25(21)32/h1-17,26-27H,(H,34,35)/t26-,27+/m0/s1. The van der Waals surface area contributed by atoms with Crippen molar-refractivity contribution in [3.63, 3.8) is 0 Å². The number of benzene rings is 4. The molecule has 0 aliphatic rings. The van der Waals surface area contributed by atoms with E-state index >= 15 is 0 Å². The number of nitrogens with one attached hydrogen (secondary N) is 1. The van der Waals surface area contributed by atoms with E-state index in [1.165, 1.54) is 0 Å². The van der Waals surface area contributed by atoms with Gasteiger partial charge in [0.2, 0.25) is 0 Å². The van der Waals surface area contributed by atoms with Crippen LogP contribution < -0.4 is 5.32 Å². The van der Waals surface area contributed by atoms with Crippen LogP contribution in [0.25, 0.3) is 0 Å². The van der Waals surface area contributed by atoms with Crippen LogP contribution >= 0.6 is 46.4 Å². The number of amides is 1. The summed E-state index contributed by atoms with van der Waals surface area (Å²) in [7, 11) is 0. The molecule has 4 aromatic carbocycles. The minimum absolute atomic E-state index is 0.344. The Morgan fingerprint density at radius 1 is 0.657 bits per heavy atom. The number of hydrogen-bond donors (Lipinski definition) is 1. The van der Waals surface area contributed by atoms with Crippen molar-refractivity contribution in [2.24, 2.45) is 4.99 Å². The second-order valence-electron chi connectivity index (χ2n) is 7.72. The van der Waals surface area contributed by atoms with E-state index in [-0.39, 0.29) is 5.91 Å². The predicted molar refractivity (Wildman–Crippen MR) is 146 cm³/mol. The topological polar surface area (TPSA) is 41.5 Å². The highest BCUT2D eigenvalue weighted by Gasteiger charge is 2.30. The molecule has 7 heteroatoms. The number of nitrogens with zero attached hydrogens (tertiary/aromatic N) is 1. The highest BCUT2D eigenvalue weighted by molar-refractivity contribution is 6.34. The molecule has 0 heterocycles. The quantitative estimate of drug-likeness (QED) is 0.234. The van der Waals surface area contributed by atoms with E-state index in [0.29, 0.717) is 31.2 Å². The molecule has 1 N–H and O–H groups in total. The molecule has 2 atom stereocenters. The third-order valence-electron chi connectivity index (χ3n) is 5.46. The first-order valence-corrected chi connectivity index (χ1v) is 12.3. The van der Waals surface area contributed by atoms with Crippen LogP contribution in [0.3, 0.4) is 0 Å². The van der Waals surface area contributed by atoms with Crippen molar-refractivity contribution in [3.05, 3.63) is 139 Å². The van der Waals surface area contributed by atoms with Gasteiger partial charge in [-0.3, -0.25) is 9.79 Å². The monoisotopic (exact) mass is 540 g/mol. The normalized spacial score (nSPS) is 12.9. The number of rotatable bonds is 7. The molecule has 1 amide bonds. The van der Waals surface area contributed by atoms with Crippen LogP contribution in [0.1, 0.15) is 39.1 Å². The lowest BCUT2D eigenvalue weighted by Crippen LogP contribution is -2.32. The number of aliphatic imine (C=N–C) groups is 1. The van der Waals surface area contributed by atoms with E-state index < -0.39 is 12.1 Å². The molecule has 0 spiro atoms. The number of halogens is 4. The van der Waals surface area contributed by atoms with Gasteiger partial charge in [-0.2, -0.15) is 0 Å². The van der Waals surface area contributed by atoms with Crippen LogP contribution in [0, 0.1) is 0 Å². The van der Waals surface area contributed by atoms with Crippen molar-refractivity contribution in [2.75, 3.05) is 0 Å². The summed E-state index contributed by atoms with van der Waals surface area (Å²) in [6.45, 7) is 0. The highest BCUT2D eigenvalue weighted by atomic mass is 35.5. The maximum atomic E-state index is 13.4. The Labute approximate surface area is 224 Å². The zero-order valence-electron chi connectivity index (χ0n) is 18.3. The van der Waals surface area contributed by atoms with Crippen molar-refractivity contribution in [1.29, 1.82) is 0 Å². The van der Waals surface area contributed by atoms with Gasteiger partial charge in [0.15, 0.2) is 0 Å². The molecule has 4 aromatic rings. The first-order valence-electron chi connectivity index (χ1n) is 10.8.